The fourth-order valence-electron chi connectivity index (χ4n) is 5.34. The highest BCUT2D eigenvalue weighted by atomic mass is 16.3. The third-order valence-electron chi connectivity index (χ3n) is 6.30. The Morgan fingerprint density at radius 3 is 2.33 bits per heavy atom. The van der Waals surface area contributed by atoms with Gasteiger partial charge in [0.05, 0.1) is 0 Å². The van der Waals surface area contributed by atoms with E-state index < -0.39 is 0 Å². The lowest BCUT2D eigenvalue weighted by atomic mass is 9.57. The van der Waals surface area contributed by atoms with E-state index in [4.69, 9.17) is 0 Å². The second kappa shape index (κ2) is 6.16. The van der Waals surface area contributed by atoms with E-state index in [1.54, 1.807) is 0 Å². The number of phenols is 2. The molecule has 0 heterocycles. The third kappa shape index (κ3) is 2.49. The molecule has 2 aromatic carbocycles. The lowest BCUT2D eigenvalue weighted by Crippen LogP contribution is -2.33. The molecular weight excluding hydrogens is 296 g/mol. The molecular formula is C22H26O2. The van der Waals surface area contributed by atoms with Crippen molar-refractivity contribution < 1.29 is 10.2 Å². The van der Waals surface area contributed by atoms with Crippen molar-refractivity contribution in [3.05, 3.63) is 59.2 Å². The van der Waals surface area contributed by atoms with E-state index in [0.717, 1.165) is 6.42 Å². The molecule has 0 bridgehead atoms. The summed E-state index contributed by atoms with van der Waals surface area (Å²) in [6.45, 7) is 2.28. The van der Waals surface area contributed by atoms with Crippen molar-refractivity contribution in [2.75, 3.05) is 0 Å². The molecule has 24 heavy (non-hydrogen) atoms. The summed E-state index contributed by atoms with van der Waals surface area (Å²) in [6, 6.07) is 13.9. The van der Waals surface area contributed by atoms with Gasteiger partial charge in [0.2, 0.25) is 0 Å². The molecule has 2 aliphatic carbocycles. The van der Waals surface area contributed by atoms with Gasteiger partial charge in [0.1, 0.15) is 11.5 Å². The number of hydrogen-bond donors (Lipinski definition) is 2. The summed E-state index contributed by atoms with van der Waals surface area (Å²) in [5, 5.41) is 19.7. The minimum absolute atomic E-state index is 0.341. The Morgan fingerprint density at radius 2 is 1.58 bits per heavy atom. The van der Waals surface area contributed by atoms with Crippen LogP contribution in [0.25, 0.3) is 0 Å². The van der Waals surface area contributed by atoms with Gasteiger partial charge in [-0.15, -0.1) is 0 Å². The van der Waals surface area contributed by atoms with Gasteiger partial charge in [0.15, 0.2) is 0 Å². The average molecular weight is 322 g/mol. The molecule has 0 amide bonds. The molecule has 2 aromatic rings. The predicted octanol–water partition coefficient (Wildman–Crippen LogP) is 5.66. The number of fused-ring (bicyclic) bond motifs is 3. The van der Waals surface area contributed by atoms with Crippen LogP contribution in [-0.2, 0) is 0 Å². The Morgan fingerprint density at radius 1 is 0.875 bits per heavy atom. The molecule has 0 aliphatic heterocycles. The fraction of sp³-hybridized carbons (Fsp3) is 0.455. The molecule has 2 N–H and O–H groups in total. The summed E-state index contributed by atoms with van der Waals surface area (Å²) >= 11 is 0. The van der Waals surface area contributed by atoms with Crippen LogP contribution in [0.2, 0.25) is 0 Å². The first kappa shape index (κ1) is 15.6. The first-order valence-electron chi connectivity index (χ1n) is 9.30. The largest absolute Gasteiger partial charge is 0.508 e. The van der Waals surface area contributed by atoms with Crippen LogP contribution < -0.4 is 0 Å². The van der Waals surface area contributed by atoms with Crippen molar-refractivity contribution in [2.45, 2.75) is 56.8 Å². The monoisotopic (exact) mass is 322 g/mol. The Balaban J connectivity index is 1.85. The molecule has 1 fully saturated rings. The molecule has 0 radical (unpaired) electrons. The zero-order chi connectivity index (χ0) is 16.7. The average Bonchev–Trinajstić information content (AvgIpc) is 2.61. The molecule has 2 nitrogen and oxygen atoms in total. The van der Waals surface area contributed by atoms with Crippen molar-refractivity contribution in [3.8, 4) is 11.5 Å². The number of benzene rings is 2. The Bertz CT molecular complexity index is 719. The van der Waals surface area contributed by atoms with Crippen LogP contribution in [0.4, 0.5) is 0 Å². The molecule has 0 spiro atoms. The Kier molecular flexibility index (Phi) is 3.99. The van der Waals surface area contributed by atoms with Crippen molar-refractivity contribution in [1.82, 2.24) is 0 Å². The lowest BCUT2D eigenvalue weighted by Gasteiger charge is -2.47. The summed E-state index contributed by atoms with van der Waals surface area (Å²) in [7, 11) is 0. The highest BCUT2D eigenvalue weighted by Gasteiger charge is 2.43. The van der Waals surface area contributed by atoms with E-state index >= 15 is 0 Å². The van der Waals surface area contributed by atoms with Crippen molar-refractivity contribution in [1.29, 1.82) is 0 Å². The summed E-state index contributed by atoms with van der Waals surface area (Å²) < 4.78 is 0. The highest BCUT2D eigenvalue weighted by molar-refractivity contribution is 5.46. The summed E-state index contributed by atoms with van der Waals surface area (Å²) in [4.78, 5) is 0. The minimum atomic E-state index is 0.341. The van der Waals surface area contributed by atoms with Gasteiger partial charge in [-0.3, -0.25) is 0 Å². The van der Waals surface area contributed by atoms with Crippen LogP contribution >= 0.6 is 0 Å². The van der Waals surface area contributed by atoms with Crippen LogP contribution in [0.3, 0.4) is 0 Å². The van der Waals surface area contributed by atoms with E-state index in [0.29, 0.717) is 35.2 Å². The zero-order valence-electron chi connectivity index (χ0n) is 14.3. The predicted molar refractivity (Wildman–Crippen MR) is 96.7 cm³/mol. The normalized spacial score (nSPS) is 28.9. The summed E-state index contributed by atoms with van der Waals surface area (Å²) in [5.41, 5.74) is 4.17. The second-order valence-electron chi connectivity index (χ2n) is 7.50. The minimum Gasteiger partial charge on any atom is -0.508 e. The van der Waals surface area contributed by atoms with Crippen LogP contribution in [0.5, 0.6) is 11.5 Å². The maximum atomic E-state index is 10.0. The number of aromatic hydroxyl groups is 2. The van der Waals surface area contributed by atoms with Crippen molar-refractivity contribution >= 4 is 0 Å². The van der Waals surface area contributed by atoms with E-state index in [9.17, 15) is 10.2 Å². The number of hydrogen-bond acceptors (Lipinski definition) is 2. The third-order valence-corrected chi connectivity index (χ3v) is 6.30. The van der Waals surface area contributed by atoms with Gasteiger partial charge in [-0.2, -0.15) is 0 Å². The first-order valence-corrected chi connectivity index (χ1v) is 9.30. The lowest BCUT2D eigenvalue weighted by molar-refractivity contribution is 0.215. The molecule has 126 valence electrons. The smallest absolute Gasteiger partial charge is 0.115 e. The summed E-state index contributed by atoms with van der Waals surface area (Å²) in [5.74, 6) is 2.94. The van der Waals surface area contributed by atoms with Crippen LogP contribution in [0.15, 0.2) is 42.5 Å². The SMILES string of the molecule is CC[C@H]1c2ccc(O)cc2[C@@H]2CCCC[C@@H]2[C@@H]1c1ccc(O)cc1. The van der Waals surface area contributed by atoms with Gasteiger partial charge >= 0.3 is 0 Å². The molecule has 0 unspecified atom stereocenters. The number of phenolic OH excluding ortho intramolecular Hbond substituents is 2. The zero-order valence-corrected chi connectivity index (χ0v) is 14.3. The quantitative estimate of drug-likeness (QED) is 0.748. The van der Waals surface area contributed by atoms with Gasteiger partial charge in [-0.05, 0) is 83.9 Å². The molecule has 1 saturated carbocycles. The van der Waals surface area contributed by atoms with Gasteiger partial charge in [-0.25, -0.2) is 0 Å². The number of rotatable bonds is 2. The van der Waals surface area contributed by atoms with Crippen LogP contribution in [-0.4, -0.2) is 10.2 Å². The van der Waals surface area contributed by atoms with Crippen molar-refractivity contribution in [2.24, 2.45) is 5.92 Å². The first-order chi connectivity index (χ1) is 11.7. The molecule has 4 atom stereocenters. The van der Waals surface area contributed by atoms with Gasteiger partial charge in [0.25, 0.3) is 0 Å². The second-order valence-corrected chi connectivity index (χ2v) is 7.50. The standard InChI is InChI=1S/C22H26O2/c1-2-17-19-12-11-16(24)13-21(19)18-5-3-4-6-20(18)22(17)14-7-9-15(23)10-8-14/h7-13,17-18,20,22-24H,2-6H2,1H3/t17-,18+,20-,22+/m0/s1. The van der Waals surface area contributed by atoms with E-state index in [1.165, 1.54) is 42.4 Å². The van der Waals surface area contributed by atoms with E-state index in [1.807, 2.05) is 24.3 Å². The maximum absolute atomic E-state index is 10.0. The topological polar surface area (TPSA) is 40.5 Å². The van der Waals surface area contributed by atoms with Gasteiger partial charge in [-0.1, -0.05) is 38.0 Å². The summed E-state index contributed by atoms with van der Waals surface area (Å²) in [6.07, 6.45) is 6.19. The van der Waals surface area contributed by atoms with E-state index in [-0.39, 0.29) is 0 Å². The van der Waals surface area contributed by atoms with Crippen LogP contribution in [0, 0.1) is 5.92 Å². The van der Waals surface area contributed by atoms with Gasteiger partial charge in [0, 0.05) is 0 Å². The van der Waals surface area contributed by atoms with Gasteiger partial charge < -0.3 is 10.2 Å². The van der Waals surface area contributed by atoms with Crippen molar-refractivity contribution in [3.63, 3.8) is 0 Å². The van der Waals surface area contributed by atoms with Crippen LogP contribution in [0.1, 0.15) is 73.5 Å². The van der Waals surface area contributed by atoms with E-state index in [2.05, 4.69) is 25.1 Å². The Hall–Kier alpha value is -1.96. The molecule has 2 heteroatoms. The highest BCUT2D eigenvalue weighted by Crippen LogP contribution is 2.57. The Labute approximate surface area is 144 Å². The maximum Gasteiger partial charge on any atom is 0.115 e. The molecule has 2 aliphatic rings. The molecule has 0 saturated heterocycles. The molecule has 4 rings (SSSR count). The fourth-order valence-corrected chi connectivity index (χ4v) is 5.34. The molecule has 0 aromatic heterocycles.